The van der Waals surface area contributed by atoms with E-state index in [9.17, 15) is 14.0 Å². The van der Waals surface area contributed by atoms with Crippen molar-refractivity contribution in [3.05, 3.63) is 73.7 Å². The molecular formula is C20H11ClFN3O3S2. The van der Waals surface area contributed by atoms with Gasteiger partial charge in [0.25, 0.3) is 5.56 Å². The number of nitrogens with one attached hydrogen (secondary N) is 1. The number of methoxy groups -OCH3 is 1. The van der Waals surface area contributed by atoms with Gasteiger partial charge in [0.2, 0.25) is 0 Å². The topological polar surface area (TPSA) is 77.0 Å². The Hall–Kier alpha value is -3.01. The van der Waals surface area contributed by atoms with Crippen LogP contribution in [0.3, 0.4) is 0 Å². The maximum absolute atomic E-state index is 13.9. The van der Waals surface area contributed by atoms with Crippen LogP contribution in [0, 0.1) is 5.82 Å². The molecule has 0 spiro atoms. The number of fused-ring (bicyclic) bond motifs is 2. The number of benzene rings is 1. The molecule has 0 atom stereocenters. The van der Waals surface area contributed by atoms with Crippen LogP contribution >= 0.6 is 34.3 Å². The summed E-state index contributed by atoms with van der Waals surface area (Å²) in [7, 11) is 1.36. The fourth-order valence-electron chi connectivity index (χ4n) is 3.27. The summed E-state index contributed by atoms with van der Waals surface area (Å²) in [6.45, 7) is 0. The summed E-state index contributed by atoms with van der Waals surface area (Å²) in [5, 5.41) is 2.90. The van der Waals surface area contributed by atoms with Crippen LogP contribution < -0.4 is 16.0 Å². The second-order valence-corrected chi connectivity index (χ2v) is 8.76. The molecule has 0 aliphatic heterocycles. The van der Waals surface area contributed by atoms with Crippen LogP contribution in [0.15, 0.2) is 51.6 Å². The van der Waals surface area contributed by atoms with Gasteiger partial charge in [-0.2, -0.15) is 0 Å². The van der Waals surface area contributed by atoms with Crippen LogP contribution in [0.2, 0.25) is 5.02 Å². The first kappa shape index (κ1) is 19.0. The number of thiophene rings is 2. The minimum Gasteiger partial charge on any atom is -0.494 e. The van der Waals surface area contributed by atoms with Gasteiger partial charge >= 0.3 is 5.69 Å². The SMILES string of the molecule is COc1cc(-c2cc3[nH]c(=O)n(-c4cncc5ccsc45)c(=O)c3s2)c(Cl)cc1F. The Morgan fingerprint density at radius 2 is 2.03 bits per heavy atom. The van der Waals surface area contributed by atoms with Crippen molar-refractivity contribution in [2.45, 2.75) is 0 Å². The molecule has 6 nitrogen and oxygen atoms in total. The van der Waals surface area contributed by atoms with Gasteiger partial charge in [-0.15, -0.1) is 22.7 Å². The lowest BCUT2D eigenvalue weighted by Gasteiger charge is -2.06. The van der Waals surface area contributed by atoms with Crippen LogP contribution in [0.4, 0.5) is 4.39 Å². The van der Waals surface area contributed by atoms with Crippen molar-refractivity contribution in [3.63, 3.8) is 0 Å². The number of H-pyrrole nitrogens is 1. The first-order chi connectivity index (χ1) is 14.5. The highest BCUT2D eigenvalue weighted by molar-refractivity contribution is 7.22. The standard InChI is InChI=1S/C20H11ClFN3O3S2/c1-28-15-4-10(11(21)5-12(15)22)16-6-13-18(30-16)19(26)25(20(27)24-13)14-8-23-7-9-2-3-29-17(9)14/h2-8H,1H3,(H,24,27). The molecule has 10 heteroatoms. The number of ether oxygens (including phenoxy) is 1. The van der Waals surface area contributed by atoms with Crippen LogP contribution in [-0.4, -0.2) is 21.6 Å². The minimum absolute atomic E-state index is 0.0354. The van der Waals surface area contributed by atoms with Crippen molar-refractivity contribution in [1.82, 2.24) is 14.5 Å². The lowest BCUT2D eigenvalue weighted by Crippen LogP contribution is -2.33. The lowest BCUT2D eigenvalue weighted by molar-refractivity contribution is 0.387. The van der Waals surface area contributed by atoms with Crippen molar-refractivity contribution in [2.75, 3.05) is 7.11 Å². The molecule has 0 bridgehead atoms. The third kappa shape index (κ3) is 2.85. The van der Waals surface area contributed by atoms with E-state index in [4.69, 9.17) is 16.3 Å². The number of hydrogen-bond acceptors (Lipinski definition) is 6. The average Bonchev–Trinajstić information content (AvgIpc) is 3.35. The van der Waals surface area contributed by atoms with E-state index < -0.39 is 17.1 Å². The summed E-state index contributed by atoms with van der Waals surface area (Å²) in [4.78, 5) is 33.5. The number of nitrogens with zero attached hydrogens (tertiary/aromatic N) is 2. The first-order valence-corrected chi connectivity index (χ1v) is 10.7. The minimum atomic E-state index is -0.584. The molecule has 1 aromatic carbocycles. The fraction of sp³-hybridized carbons (Fsp3) is 0.0500. The van der Waals surface area contributed by atoms with Crippen molar-refractivity contribution < 1.29 is 9.13 Å². The predicted molar refractivity (Wildman–Crippen MR) is 118 cm³/mol. The van der Waals surface area contributed by atoms with Gasteiger partial charge in [0.05, 0.1) is 34.2 Å². The molecule has 1 N–H and O–H groups in total. The number of halogens is 2. The van der Waals surface area contributed by atoms with Crippen molar-refractivity contribution in [3.8, 4) is 21.9 Å². The normalized spacial score (nSPS) is 11.4. The largest absolute Gasteiger partial charge is 0.494 e. The highest BCUT2D eigenvalue weighted by Crippen LogP contribution is 2.38. The van der Waals surface area contributed by atoms with E-state index in [-0.39, 0.29) is 10.8 Å². The van der Waals surface area contributed by atoms with E-state index in [1.54, 1.807) is 12.3 Å². The third-order valence-corrected chi connectivity index (χ3v) is 7.08. The zero-order chi connectivity index (χ0) is 21.0. The predicted octanol–water partition coefficient (Wildman–Crippen LogP) is 4.82. The number of aromatic nitrogens is 3. The zero-order valence-electron chi connectivity index (χ0n) is 15.2. The van der Waals surface area contributed by atoms with E-state index in [2.05, 4.69) is 9.97 Å². The second-order valence-electron chi connectivity index (χ2n) is 6.39. The molecule has 4 aromatic heterocycles. The molecule has 0 aliphatic rings. The molecule has 150 valence electrons. The van der Waals surface area contributed by atoms with Gasteiger partial charge in [0, 0.05) is 22.0 Å². The Bertz CT molecular complexity index is 1570. The lowest BCUT2D eigenvalue weighted by atomic mass is 10.1. The molecule has 0 amide bonds. The molecule has 5 aromatic rings. The Morgan fingerprint density at radius 3 is 2.83 bits per heavy atom. The number of hydrogen-bond donors (Lipinski definition) is 1. The van der Waals surface area contributed by atoms with Crippen LogP contribution in [0.1, 0.15) is 0 Å². The Balaban J connectivity index is 1.77. The van der Waals surface area contributed by atoms with Gasteiger partial charge in [-0.1, -0.05) is 11.6 Å². The van der Waals surface area contributed by atoms with Crippen LogP contribution in [0.5, 0.6) is 5.75 Å². The number of aromatic amines is 1. The zero-order valence-corrected chi connectivity index (χ0v) is 17.6. The van der Waals surface area contributed by atoms with Gasteiger partial charge in [0.1, 0.15) is 4.70 Å². The Kier molecular flexibility index (Phi) is 4.46. The molecule has 4 heterocycles. The Labute approximate surface area is 180 Å². The summed E-state index contributed by atoms with van der Waals surface area (Å²) in [6.07, 6.45) is 3.18. The number of pyridine rings is 1. The van der Waals surface area contributed by atoms with E-state index in [1.807, 2.05) is 11.4 Å². The van der Waals surface area contributed by atoms with Gasteiger partial charge in [-0.3, -0.25) is 9.78 Å². The second kappa shape index (κ2) is 7.05. The third-order valence-electron chi connectivity index (χ3n) is 4.66. The highest BCUT2D eigenvalue weighted by atomic mass is 35.5. The fourth-order valence-corrected chi connectivity index (χ4v) is 5.52. The van der Waals surface area contributed by atoms with Crippen LogP contribution in [-0.2, 0) is 0 Å². The smallest absolute Gasteiger partial charge is 0.333 e. The van der Waals surface area contributed by atoms with Gasteiger partial charge in [0.15, 0.2) is 11.6 Å². The van der Waals surface area contributed by atoms with E-state index in [0.717, 1.165) is 32.1 Å². The quantitative estimate of drug-likeness (QED) is 0.419. The molecule has 30 heavy (non-hydrogen) atoms. The summed E-state index contributed by atoms with van der Waals surface area (Å²) >= 11 is 8.80. The average molecular weight is 460 g/mol. The van der Waals surface area contributed by atoms with Gasteiger partial charge < -0.3 is 9.72 Å². The highest BCUT2D eigenvalue weighted by Gasteiger charge is 2.18. The van der Waals surface area contributed by atoms with Crippen molar-refractivity contribution in [2.24, 2.45) is 0 Å². The molecule has 5 rings (SSSR count). The molecule has 0 aliphatic carbocycles. The Morgan fingerprint density at radius 1 is 1.20 bits per heavy atom. The maximum Gasteiger partial charge on any atom is 0.333 e. The molecule has 0 radical (unpaired) electrons. The van der Waals surface area contributed by atoms with Gasteiger partial charge in [-0.25, -0.2) is 13.8 Å². The van der Waals surface area contributed by atoms with E-state index >= 15 is 0 Å². The molecule has 0 saturated carbocycles. The van der Waals surface area contributed by atoms with E-state index in [1.165, 1.54) is 30.7 Å². The molecule has 0 saturated heterocycles. The molecular weight excluding hydrogens is 449 g/mol. The van der Waals surface area contributed by atoms with Crippen LogP contribution in [0.25, 0.3) is 36.4 Å². The van der Waals surface area contributed by atoms with Crippen molar-refractivity contribution >= 4 is 54.6 Å². The maximum atomic E-state index is 13.9. The van der Waals surface area contributed by atoms with E-state index in [0.29, 0.717) is 26.3 Å². The van der Waals surface area contributed by atoms with Gasteiger partial charge in [-0.05, 0) is 29.6 Å². The molecule has 0 fully saturated rings. The summed E-state index contributed by atoms with van der Waals surface area (Å²) in [5.41, 5.74) is 0.282. The number of rotatable bonds is 3. The molecule has 0 unspecified atom stereocenters. The summed E-state index contributed by atoms with van der Waals surface area (Å²) < 4.78 is 21.1. The summed E-state index contributed by atoms with van der Waals surface area (Å²) in [6, 6.07) is 6.15. The monoisotopic (exact) mass is 459 g/mol. The van der Waals surface area contributed by atoms with Crippen molar-refractivity contribution in [1.29, 1.82) is 0 Å². The summed E-state index contributed by atoms with van der Waals surface area (Å²) in [5.74, 6) is -0.548. The first-order valence-electron chi connectivity index (χ1n) is 8.62.